The SMILES string of the molecule is Cc1c(C(=O)NN2CCCCC2)nn(-c2ccc(Cl)cc2Cl)c1-c1ccc(OS(=O)(=O)CCCC(F)(F)F)cc1.O=S(=O)(O)c1cccc2c(S(=O)(=O)O)cccc12. The molecule has 2 heterocycles. The third-order valence-corrected chi connectivity index (χ3v) is 12.3. The average Bonchev–Trinajstić information content (AvgIpc) is 3.47. The molecule has 0 aliphatic carbocycles. The highest BCUT2D eigenvalue weighted by Crippen LogP contribution is 2.34. The van der Waals surface area contributed by atoms with Crippen molar-refractivity contribution in [3.8, 4) is 22.7 Å². The fraction of sp³-hybridized carbons (Fsp3) is 0.278. The molecule has 14 nitrogen and oxygen atoms in total. The minimum absolute atomic E-state index is 0.0233. The summed E-state index contributed by atoms with van der Waals surface area (Å²) < 4.78 is 131. The van der Waals surface area contributed by atoms with Crippen LogP contribution in [0.1, 0.15) is 48.2 Å². The van der Waals surface area contributed by atoms with Crippen molar-refractivity contribution in [2.45, 2.75) is 55.0 Å². The lowest BCUT2D eigenvalue weighted by molar-refractivity contribution is -0.134. The van der Waals surface area contributed by atoms with Crippen molar-refractivity contribution in [3.63, 3.8) is 0 Å². The van der Waals surface area contributed by atoms with Gasteiger partial charge in [0.1, 0.15) is 15.5 Å². The van der Waals surface area contributed by atoms with E-state index in [-0.39, 0.29) is 28.1 Å². The highest BCUT2D eigenvalue weighted by atomic mass is 35.5. The number of fused-ring (bicyclic) bond motifs is 1. The molecular weight excluding hydrogens is 873 g/mol. The van der Waals surface area contributed by atoms with E-state index in [0.29, 0.717) is 32.6 Å². The zero-order valence-electron chi connectivity index (χ0n) is 30.3. The zero-order chi connectivity index (χ0) is 42.6. The van der Waals surface area contributed by atoms with Gasteiger partial charge in [-0.05, 0) is 80.8 Å². The van der Waals surface area contributed by atoms with Crippen LogP contribution >= 0.6 is 23.2 Å². The quantitative estimate of drug-likeness (QED) is 0.0864. The van der Waals surface area contributed by atoms with E-state index in [0.717, 1.165) is 44.5 Å². The largest absolute Gasteiger partial charge is 0.389 e. The zero-order valence-corrected chi connectivity index (χ0v) is 34.2. The van der Waals surface area contributed by atoms with Gasteiger partial charge < -0.3 is 4.18 Å². The van der Waals surface area contributed by atoms with Crippen LogP contribution in [0.25, 0.3) is 27.7 Å². The molecule has 0 spiro atoms. The van der Waals surface area contributed by atoms with Crippen LogP contribution in [0.15, 0.2) is 88.7 Å². The lowest BCUT2D eigenvalue weighted by Crippen LogP contribution is -2.45. The van der Waals surface area contributed by atoms with Gasteiger partial charge in [-0.1, -0.05) is 53.9 Å². The summed E-state index contributed by atoms with van der Waals surface area (Å²) >= 11 is 12.6. The van der Waals surface area contributed by atoms with Gasteiger partial charge in [0.2, 0.25) is 0 Å². The summed E-state index contributed by atoms with van der Waals surface area (Å²) in [6, 6.07) is 18.3. The number of hydrogen-bond donors (Lipinski definition) is 3. The highest BCUT2D eigenvalue weighted by molar-refractivity contribution is 7.87. The van der Waals surface area contributed by atoms with Crippen molar-refractivity contribution in [2.75, 3.05) is 18.8 Å². The molecule has 5 aromatic rings. The predicted octanol–water partition coefficient (Wildman–Crippen LogP) is 7.67. The van der Waals surface area contributed by atoms with Crippen LogP contribution in [0.4, 0.5) is 13.2 Å². The van der Waals surface area contributed by atoms with Gasteiger partial charge >= 0.3 is 16.3 Å². The third-order valence-electron chi connectivity index (χ3n) is 8.69. The molecule has 1 fully saturated rings. The number of amides is 1. The smallest absolute Gasteiger partial charge is 0.382 e. The maximum atomic E-state index is 13.2. The first-order chi connectivity index (χ1) is 27.0. The standard InChI is InChI=1S/C26H27Cl2F3N4O4S.C10H8O6S2/c1-17-23(25(36)33-34-13-3-2-4-14-34)32-35(22-11-8-19(27)16-21(22)28)24(17)18-6-9-20(10-7-18)39-40(37,38)15-5-12-26(29,30)31;11-17(12,13)9-5-1-3-7-8(9)4-2-6-10(7)18(14,15)16/h6-11,16H,2-5,12-15H2,1H3,(H,33,36);1-6H,(H,11,12,13)(H,14,15,16). The van der Waals surface area contributed by atoms with Crippen molar-refractivity contribution >= 4 is 70.2 Å². The Morgan fingerprint density at radius 2 is 1.41 bits per heavy atom. The van der Waals surface area contributed by atoms with Gasteiger partial charge in [-0.15, -0.1) is 0 Å². The van der Waals surface area contributed by atoms with E-state index in [2.05, 4.69) is 10.5 Å². The first-order valence-corrected chi connectivity index (χ1v) is 22.4. The Morgan fingerprint density at radius 3 is 1.93 bits per heavy atom. The van der Waals surface area contributed by atoms with Gasteiger partial charge in [-0.2, -0.15) is 43.5 Å². The Kier molecular flexibility index (Phi) is 13.8. The maximum absolute atomic E-state index is 13.2. The van der Waals surface area contributed by atoms with Crippen LogP contribution in [0.5, 0.6) is 5.75 Å². The monoisotopic (exact) mass is 906 g/mol. The summed E-state index contributed by atoms with van der Waals surface area (Å²) in [6.45, 7) is 3.22. The summed E-state index contributed by atoms with van der Waals surface area (Å²) in [6.07, 6.45) is -3.22. The average molecular weight is 908 g/mol. The Hall–Kier alpha value is -4.28. The first kappa shape index (κ1) is 44.8. The summed E-state index contributed by atoms with van der Waals surface area (Å²) in [7, 11) is -13.2. The maximum Gasteiger partial charge on any atom is 0.389 e. The van der Waals surface area contributed by atoms with Crippen LogP contribution in [0.3, 0.4) is 0 Å². The van der Waals surface area contributed by atoms with Crippen LogP contribution in [0, 0.1) is 6.92 Å². The summed E-state index contributed by atoms with van der Waals surface area (Å²) in [5.74, 6) is -1.22. The molecule has 22 heteroatoms. The van der Waals surface area contributed by atoms with Gasteiger partial charge in [0.25, 0.3) is 26.1 Å². The Labute approximate surface area is 342 Å². The topological polar surface area (TPSA) is 202 Å². The number of halogens is 5. The summed E-state index contributed by atoms with van der Waals surface area (Å²) in [4.78, 5) is 12.4. The molecule has 58 heavy (non-hydrogen) atoms. The second kappa shape index (κ2) is 17.9. The molecular formula is C36H35Cl2F3N4O10S3. The van der Waals surface area contributed by atoms with E-state index >= 15 is 0 Å². The van der Waals surface area contributed by atoms with E-state index in [9.17, 15) is 43.2 Å². The Morgan fingerprint density at radius 1 is 0.845 bits per heavy atom. The lowest BCUT2D eigenvalue weighted by atomic mass is 10.1. The van der Waals surface area contributed by atoms with Gasteiger partial charge in [-0.3, -0.25) is 19.3 Å². The second-order valence-electron chi connectivity index (χ2n) is 13.0. The Balaban J connectivity index is 0.000000296. The molecule has 1 amide bonds. The van der Waals surface area contributed by atoms with E-state index in [1.165, 1.54) is 41.1 Å². The number of nitrogens with one attached hydrogen (secondary N) is 1. The highest BCUT2D eigenvalue weighted by Gasteiger charge is 2.29. The predicted molar refractivity (Wildman–Crippen MR) is 210 cm³/mol. The molecule has 6 rings (SSSR count). The number of hydrazine groups is 1. The van der Waals surface area contributed by atoms with E-state index in [1.54, 1.807) is 37.3 Å². The number of aromatic nitrogens is 2. The number of alkyl halides is 3. The molecule has 312 valence electrons. The molecule has 0 radical (unpaired) electrons. The van der Waals surface area contributed by atoms with Crippen LogP contribution in [0.2, 0.25) is 10.0 Å². The van der Waals surface area contributed by atoms with Gasteiger partial charge in [0.15, 0.2) is 5.69 Å². The molecule has 1 aliphatic rings. The van der Waals surface area contributed by atoms with Crippen LogP contribution < -0.4 is 9.61 Å². The number of nitrogens with zero attached hydrogens (tertiary/aromatic N) is 3. The molecule has 0 atom stereocenters. The lowest BCUT2D eigenvalue weighted by Gasteiger charge is -2.26. The van der Waals surface area contributed by atoms with Crippen molar-refractivity contribution in [1.29, 1.82) is 0 Å². The van der Waals surface area contributed by atoms with Gasteiger partial charge in [0, 0.05) is 46.4 Å². The Bertz CT molecular complexity index is 2580. The molecule has 3 N–H and O–H groups in total. The molecule has 1 aliphatic heterocycles. The van der Waals surface area contributed by atoms with Crippen LogP contribution in [-0.2, 0) is 30.4 Å². The van der Waals surface area contributed by atoms with Gasteiger partial charge in [0.05, 0.1) is 22.2 Å². The van der Waals surface area contributed by atoms with Crippen molar-refractivity contribution in [2.24, 2.45) is 0 Å². The fourth-order valence-corrected chi connectivity index (χ4v) is 8.98. The first-order valence-electron chi connectivity index (χ1n) is 17.2. The third kappa shape index (κ3) is 11.5. The van der Waals surface area contributed by atoms with Crippen molar-refractivity contribution in [1.82, 2.24) is 20.2 Å². The molecule has 1 aromatic heterocycles. The van der Waals surface area contributed by atoms with Gasteiger partial charge in [-0.25, -0.2) is 9.69 Å². The van der Waals surface area contributed by atoms with E-state index < -0.39 is 64.9 Å². The number of carbonyl (C=O) groups excluding carboxylic acids is 1. The minimum Gasteiger partial charge on any atom is -0.382 e. The minimum atomic E-state index is -4.47. The molecule has 0 unspecified atom stereocenters. The molecule has 0 bridgehead atoms. The second-order valence-corrected chi connectivity index (χ2v) is 18.3. The van der Waals surface area contributed by atoms with Crippen molar-refractivity contribution < 1.29 is 56.5 Å². The number of piperidine rings is 1. The summed E-state index contributed by atoms with van der Waals surface area (Å²) in [5.41, 5.74) is 5.19. The number of benzene rings is 4. The molecule has 1 saturated heterocycles. The molecule has 4 aromatic carbocycles. The molecule has 0 saturated carbocycles. The van der Waals surface area contributed by atoms with Crippen LogP contribution in [-0.4, -0.2) is 80.1 Å². The normalized spacial score (nSPS) is 14.1. The summed E-state index contributed by atoms with van der Waals surface area (Å²) in [5, 5.41) is 7.20. The van der Waals surface area contributed by atoms with Crippen molar-refractivity contribution in [3.05, 3.63) is 100 Å². The van der Waals surface area contributed by atoms with E-state index in [4.69, 9.17) is 36.5 Å². The number of hydrogen-bond acceptors (Lipinski definition) is 10. The fourth-order valence-electron chi connectivity index (χ4n) is 6.09. The number of carbonyl (C=O) groups is 1. The van der Waals surface area contributed by atoms with E-state index in [1.807, 2.05) is 5.01 Å². The number of rotatable bonds is 11.